The minimum absolute atomic E-state index is 0. The number of carbonyl (C=O) groups is 1. The van der Waals surface area contributed by atoms with Gasteiger partial charge in [0, 0.05) is 18.2 Å². The monoisotopic (exact) mass is 292 g/mol. The number of hydrogen-bond acceptors (Lipinski definition) is 3. The van der Waals surface area contributed by atoms with E-state index in [0.717, 1.165) is 0 Å². The van der Waals surface area contributed by atoms with Gasteiger partial charge in [0.05, 0.1) is 12.1 Å². The molecule has 0 saturated heterocycles. The van der Waals surface area contributed by atoms with Gasteiger partial charge in [-0.25, -0.2) is 0 Å². The van der Waals surface area contributed by atoms with Crippen molar-refractivity contribution in [2.24, 2.45) is 5.92 Å². The maximum Gasteiger partial charge on any atom is 0.228 e. The number of halogens is 2. The molecule has 1 atom stereocenters. The molecule has 1 unspecified atom stereocenters. The van der Waals surface area contributed by atoms with Gasteiger partial charge in [0.1, 0.15) is 5.75 Å². The van der Waals surface area contributed by atoms with Crippen LogP contribution in [0.15, 0.2) is 18.2 Å². The highest BCUT2D eigenvalue weighted by atomic mass is 35.5. The summed E-state index contributed by atoms with van der Waals surface area (Å²) in [7, 11) is 3.36. The number of benzene rings is 1. The Bertz CT molecular complexity index is 400. The molecule has 0 bridgehead atoms. The Morgan fingerprint density at radius 2 is 2.17 bits per heavy atom. The normalized spacial score (nSPS) is 11.3. The van der Waals surface area contributed by atoms with E-state index in [9.17, 15) is 4.79 Å². The number of amides is 1. The van der Waals surface area contributed by atoms with Crippen molar-refractivity contribution in [1.82, 2.24) is 5.32 Å². The number of methoxy groups -OCH3 is 1. The van der Waals surface area contributed by atoms with Crippen LogP contribution in [0.5, 0.6) is 5.75 Å². The second-order valence-corrected chi connectivity index (χ2v) is 4.20. The first-order valence-electron chi connectivity index (χ1n) is 5.37. The molecular weight excluding hydrogens is 275 g/mol. The summed E-state index contributed by atoms with van der Waals surface area (Å²) in [6.07, 6.45) is 0. The number of ether oxygens (including phenoxy) is 1. The van der Waals surface area contributed by atoms with Gasteiger partial charge >= 0.3 is 0 Å². The molecule has 0 fully saturated rings. The molecule has 18 heavy (non-hydrogen) atoms. The van der Waals surface area contributed by atoms with Crippen molar-refractivity contribution >= 4 is 35.6 Å². The summed E-state index contributed by atoms with van der Waals surface area (Å²) in [6, 6.07) is 5.15. The highest BCUT2D eigenvalue weighted by molar-refractivity contribution is 6.32. The Hall–Kier alpha value is -0.970. The molecule has 0 aromatic heterocycles. The molecule has 0 aliphatic rings. The third-order valence-corrected chi connectivity index (χ3v) is 2.67. The van der Waals surface area contributed by atoms with Crippen molar-refractivity contribution in [2.45, 2.75) is 6.92 Å². The number of rotatable bonds is 5. The Labute approximate surface area is 118 Å². The maximum absolute atomic E-state index is 11.7. The summed E-state index contributed by atoms with van der Waals surface area (Å²) < 4.78 is 5.04. The van der Waals surface area contributed by atoms with Gasteiger partial charge in [0.25, 0.3) is 0 Å². The standard InChI is InChI=1S/C12H17ClN2O2.ClH/c1-8(7-14-2)12(16)15-9-4-5-11(17-3)10(13)6-9;/h4-6,8,14H,7H2,1-3H3,(H,15,16);1H. The highest BCUT2D eigenvalue weighted by Crippen LogP contribution is 2.27. The number of carbonyl (C=O) groups excluding carboxylic acids is 1. The molecule has 4 nitrogen and oxygen atoms in total. The zero-order valence-electron chi connectivity index (χ0n) is 10.6. The first-order valence-corrected chi connectivity index (χ1v) is 5.75. The van der Waals surface area contributed by atoms with Crippen molar-refractivity contribution in [3.05, 3.63) is 23.2 Å². The summed E-state index contributed by atoms with van der Waals surface area (Å²) in [4.78, 5) is 11.7. The van der Waals surface area contributed by atoms with E-state index in [1.165, 1.54) is 0 Å². The number of nitrogens with one attached hydrogen (secondary N) is 2. The largest absolute Gasteiger partial charge is 0.495 e. The summed E-state index contributed by atoms with van der Waals surface area (Å²) in [6.45, 7) is 2.49. The van der Waals surface area contributed by atoms with E-state index in [1.807, 2.05) is 14.0 Å². The second kappa shape index (κ2) is 8.19. The fraction of sp³-hybridized carbons (Fsp3) is 0.417. The lowest BCUT2D eigenvalue weighted by atomic mass is 10.1. The van der Waals surface area contributed by atoms with Crippen LogP contribution in [0.1, 0.15) is 6.92 Å². The molecular formula is C12H18Cl2N2O2. The van der Waals surface area contributed by atoms with Crippen LogP contribution in [0.3, 0.4) is 0 Å². The topological polar surface area (TPSA) is 50.4 Å². The fourth-order valence-electron chi connectivity index (χ4n) is 1.41. The van der Waals surface area contributed by atoms with Gasteiger partial charge in [-0.3, -0.25) is 4.79 Å². The molecule has 0 aliphatic heterocycles. The van der Waals surface area contributed by atoms with Gasteiger partial charge in [-0.15, -0.1) is 12.4 Å². The van der Waals surface area contributed by atoms with Gasteiger partial charge < -0.3 is 15.4 Å². The van der Waals surface area contributed by atoms with Crippen molar-refractivity contribution in [1.29, 1.82) is 0 Å². The highest BCUT2D eigenvalue weighted by Gasteiger charge is 2.12. The summed E-state index contributed by atoms with van der Waals surface area (Å²) in [5.74, 6) is 0.453. The first-order chi connectivity index (χ1) is 8.08. The van der Waals surface area contributed by atoms with E-state index in [-0.39, 0.29) is 24.2 Å². The smallest absolute Gasteiger partial charge is 0.228 e. The van der Waals surface area contributed by atoms with Gasteiger partial charge in [-0.2, -0.15) is 0 Å². The third kappa shape index (κ3) is 4.72. The average Bonchev–Trinajstić information content (AvgIpc) is 2.29. The molecule has 2 N–H and O–H groups in total. The van der Waals surface area contributed by atoms with E-state index < -0.39 is 0 Å². The van der Waals surface area contributed by atoms with Crippen molar-refractivity contribution < 1.29 is 9.53 Å². The molecule has 0 heterocycles. The van der Waals surface area contributed by atoms with Crippen LogP contribution in [0.4, 0.5) is 5.69 Å². The zero-order valence-corrected chi connectivity index (χ0v) is 12.2. The SMILES string of the molecule is CNCC(C)C(=O)Nc1ccc(OC)c(Cl)c1.Cl. The average molecular weight is 293 g/mol. The van der Waals surface area contributed by atoms with E-state index in [0.29, 0.717) is 23.0 Å². The summed E-state index contributed by atoms with van der Waals surface area (Å²) in [5, 5.41) is 6.23. The summed E-state index contributed by atoms with van der Waals surface area (Å²) >= 11 is 5.97. The van der Waals surface area contributed by atoms with Crippen molar-refractivity contribution in [3.63, 3.8) is 0 Å². The Kier molecular flexibility index (Phi) is 7.75. The second-order valence-electron chi connectivity index (χ2n) is 3.80. The molecule has 1 rings (SSSR count). The van der Waals surface area contributed by atoms with E-state index in [1.54, 1.807) is 25.3 Å². The Morgan fingerprint density at radius 1 is 1.50 bits per heavy atom. The van der Waals surface area contributed by atoms with Crippen molar-refractivity contribution in [2.75, 3.05) is 26.0 Å². The molecule has 1 amide bonds. The number of hydrogen-bond donors (Lipinski definition) is 2. The molecule has 0 spiro atoms. The predicted molar refractivity (Wildman–Crippen MR) is 77.0 cm³/mol. The molecule has 6 heteroatoms. The van der Waals surface area contributed by atoms with Crippen LogP contribution in [-0.2, 0) is 4.79 Å². The molecule has 0 aliphatic carbocycles. The van der Waals surface area contributed by atoms with Gasteiger partial charge in [0.15, 0.2) is 0 Å². The fourth-order valence-corrected chi connectivity index (χ4v) is 1.67. The number of anilines is 1. The zero-order chi connectivity index (χ0) is 12.8. The van der Waals surface area contributed by atoms with Gasteiger partial charge in [-0.1, -0.05) is 18.5 Å². The van der Waals surface area contributed by atoms with Crippen LogP contribution in [0.25, 0.3) is 0 Å². The molecule has 0 radical (unpaired) electrons. The third-order valence-electron chi connectivity index (χ3n) is 2.38. The Balaban J connectivity index is 0.00000289. The van der Waals surface area contributed by atoms with Crippen LogP contribution in [0, 0.1) is 5.92 Å². The minimum Gasteiger partial charge on any atom is -0.495 e. The van der Waals surface area contributed by atoms with Crippen LogP contribution < -0.4 is 15.4 Å². The molecule has 102 valence electrons. The minimum atomic E-state index is -0.0964. The van der Waals surface area contributed by atoms with Crippen LogP contribution >= 0.6 is 24.0 Å². The van der Waals surface area contributed by atoms with E-state index >= 15 is 0 Å². The quantitative estimate of drug-likeness (QED) is 0.877. The first kappa shape index (κ1) is 17.0. The predicted octanol–water partition coefficient (Wildman–Crippen LogP) is 2.56. The maximum atomic E-state index is 11.7. The molecule has 1 aromatic carbocycles. The Morgan fingerprint density at radius 3 is 2.67 bits per heavy atom. The molecule has 1 aromatic rings. The van der Waals surface area contributed by atoms with Crippen LogP contribution in [0.2, 0.25) is 5.02 Å². The van der Waals surface area contributed by atoms with E-state index in [4.69, 9.17) is 16.3 Å². The lowest BCUT2D eigenvalue weighted by Gasteiger charge is -2.12. The van der Waals surface area contributed by atoms with Crippen molar-refractivity contribution in [3.8, 4) is 5.75 Å². The van der Waals surface area contributed by atoms with Crippen LogP contribution in [-0.4, -0.2) is 26.6 Å². The van der Waals surface area contributed by atoms with Gasteiger partial charge in [0.2, 0.25) is 5.91 Å². The lowest BCUT2D eigenvalue weighted by molar-refractivity contribution is -0.119. The summed E-state index contributed by atoms with van der Waals surface area (Å²) in [5.41, 5.74) is 0.670. The lowest BCUT2D eigenvalue weighted by Crippen LogP contribution is -2.28. The van der Waals surface area contributed by atoms with Gasteiger partial charge in [-0.05, 0) is 25.2 Å². The van der Waals surface area contributed by atoms with E-state index in [2.05, 4.69) is 10.6 Å². The molecule has 0 saturated carbocycles.